The molecule has 0 amide bonds. The molecule has 0 aromatic rings. The zero-order chi connectivity index (χ0) is 11.4. The second-order valence-electron chi connectivity index (χ2n) is 4.88. The van der Waals surface area contributed by atoms with Gasteiger partial charge in [0.15, 0.2) is 0 Å². The van der Waals surface area contributed by atoms with Gasteiger partial charge in [0.05, 0.1) is 5.71 Å². The van der Waals surface area contributed by atoms with Crippen LogP contribution in [-0.2, 0) is 4.84 Å². The van der Waals surface area contributed by atoms with E-state index in [9.17, 15) is 0 Å². The molecule has 2 nitrogen and oxygen atoms in total. The quantitative estimate of drug-likeness (QED) is 0.512. The van der Waals surface area contributed by atoms with Crippen LogP contribution in [0.4, 0.5) is 0 Å². The van der Waals surface area contributed by atoms with Crippen LogP contribution in [0, 0.1) is 11.8 Å². The number of oxime groups is 1. The highest BCUT2D eigenvalue weighted by Crippen LogP contribution is 2.32. The topological polar surface area (TPSA) is 21.6 Å². The average Bonchev–Trinajstić information content (AvgIpc) is 2.17. The molecule has 0 aliphatic heterocycles. The third kappa shape index (κ3) is 3.08. The Bertz CT molecular complexity index is 274. The first-order chi connectivity index (χ1) is 7.06. The Morgan fingerprint density at radius 3 is 2.07 bits per heavy atom. The molecule has 0 aromatic carbocycles. The van der Waals surface area contributed by atoms with E-state index in [1.165, 1.54) is 5.71 Å². The Morgan fingerprint density at radius 1 is 1.00 bits per heavy atom. The molecule has 0 N–H and O–H groups in total. The number of nitrogens with zero attached hydrogens (tertiary/aromatic N) is 1. The number of hydrogen-bond acceptors (Lipinski definition) is 2. The molecule has 86 valence electrons. The molecule has 1 aliphatic rings. The van der Waals surface area contributed by atoms with Crippen LogP contribution in [0.2, 0.25) is 0 Å². The fourth-order valence-corrected chi connectivity index (χ4v) is 2.30. The minimum atomic E-state index is 0.629. The van der Waals surface area contributed by atoms with E-state index >= 15 is 0 Å². The van der Waals surface area contributed by atoms with Crippen LogP contribution in [0.3, 0.4) is 0 Å². The van der Waals surface area contributed by atoms with Gasteiger partial charge in [-0.15, -0.1) is 0 Å². The van der Waals surface area contributed by atoms with E-state index in [0.29, 0.717) is 11.8 Å². The second kappa shape index (κ2) is 5.34. The standard InChI is InChI=1S/C13H23NO/c1-9(2)12-7-6-11(14-15-5)8-13(12)10(3)4/h9-10H,6-8H2,1-5H3/b14-11-. The van der Waals surface area contributed by atoms with Crippen LogP contribution >= 0.6 is 0 Å². The molecule has 15 heavy (non-hydrogen) atoms. The summed E-state index contributed by atoms with van der Waals surface area (Å²) >= 11 is 0. The Morgan fingerprint density at radius 2 is 1.60 bits per heavy atom. The lowest BCUT2D eigenvalue weighted by atomic mass is 9.80. The number of hydrogen-bond donors (Lipinski definition) is 0. The van der Waals surface area contributed by atoms with Crippen LogP contribution < -0.4 is 0 Å². The summed E-state index contributed by atoms with van der Waals surface area (Å²) in [6, 6.07) is 0. The van der Waals surface area contributed by atoms with Crippen LogP contribution in [0.5, 0.6) is 0 Å². The van der Waals surface area contributed by atoms with Crippen LogP contribution in [0.15, 0.2) is 16.3 Å². The SMILES string of the molecule is CO/N=C1/CCC(C(C)C)=C(C(C)C)C1. The summed E-state index contributed by atoms with van der Waals surface area (Å²) < 4.78 is 0. The fourth-order valence-electron chi connectivity index (χ4n) is 2.30. The zero-order valence-corrected chi connectivity index (χ0v) is 10.6. The van der Waals surface area contributed by atoms with Gasteiger partial charge >= 0.3 is 0 Å². The second-order valence-corrected chi connectivity index (χ2v) is 4.88. The van der Waals surface area contributed by atoms with Crippen molar-refractivity contribution in [3.63, 3.8) is 0 Å². The number of allylic oxidation sites excluding steroid dienone is 2. The summed E-state index contributed by atoms with van der Waals surface area (Å²) in [6.45, 7) is 9.12. The first-order valence-electron chi connectivity index (χ1n) is 5.87. The minimum absolute atomic E-state index is 0.629. The van der Waals surface area contributed by atoms with Crippen molar-refractivity contribution in [3.8, 4) is 0 Å². The van der Waals surface area contributed by atoms with Crippen LogP contribution in [0.1, 0.15) is 47.0 Å². The van der Waals surface area contributed by atoms with Crippen molar-refractivity contribution in [1.82, 2.24) is 0 Å². The molecule has 1 aliphatic carbocycles. The lowest BCUT2D eigenvalue weighted by molar-refractivity contribution is 0.211. The Balaban J connectivity index is 2.91. The molecule has 0 saturated heterocycles. The van der Waals surface area contributed by atoms with E-state index < -0.39 is 0 Å². The Labute approximate surface area is 93.4 Å². The highest BCUT2D eigenvalue weighted by Gasteiger charge is 2.21. The Hall–Kier alpha value is -0.790. The molecule has 1 rings (SSSR count). The van der Waals surface area contributed by atoms with Gasteiger partial charge in [0.1, 0.15) is 7.11 Å². The lowest BCUT2D eigenvalue weighted by Crippen LogP contribution is -2.16. The molecule has 0 radical (unpaired) electrons. The van der Waals surface area contributed by atoms with Gasteiger partial charge in [0, 0.05) is 6.42 Å². The van der Waals surface area contributed by atoms with E-state index in [0.717, 1.165) is 19.3 Å². The van der Waals surface area contributed by atoms with Crippen LogP contribution in [-0.4, -0.2) is 12.8 Å². The highest BCUT2D eigenvalue weighted by atomic mass is 16.6. The summed E-state index contributed by atoms with van der Waals surface area (Å²) in [4.78, 5) is 4.87. The van der Waals surface area contributed by atoms with Crippen molar-refractivity contribution < 1.29 is 4.84 Å². The first kappa shape index (κ1) is 12.3. The number of rotatable bonds is 3. The summed E-state index contributed by atoms with van der Waals surface area (Å²) in [6.07, 6.45) is 3.24. The predicted octanol–water partition coefficient (Wildman–Crippen LogP) is 3.78. The van der Waals surface area contributed by atoms with E-state index in [4.69, 9.17) is 4.84 Å². The molecule has 0 fully saturated rings. The van der Waals surface area contributed by atoms with Gasteiger partial charge in [0.25, 0.3) is 0 Å². The van der Waals surface area contributed by atoms with Gasteiger partial charge < -0.3 is 4.84 Å². The summed E-state index contributed by atoms with van der Waals surface area (Å²) in [5.74, 6) is 1.30. The van der Waals surface area contributed by atoms with Crippen molar-refractivity contribution in [3.05, 3.63) is 11.1 Å². The van der Waals surface area contributed by atoms with Gasteiger partial charge in [-0.25, -0.2) is 0 Å². The highest BCUT2D eigenvalue weighted by molar-refractivity contribution is 5.87. The predicted molar refractivity (Wildman–Crippen MR) is 65.0 cm³/mol. The molecule has 0 unspecified atom stereocenters. The van der Waals surface area contributed by atoms with Gasteiger partial charge in [-0.3, -0.25) is 0 Å². The monoisotopic (exact) mass is 209 g/mol. The maximum atomic E-state index is 4.87. The first-order valence-corrected chi connectivity index (χ1v) is 5.87. The zero-order valence-electron chi connectivity index (χ0n) is 10.6. The molecular weight excluding hydrogens is 186 g/mol. The van der Waals surface area contributed by atoms with Crippen LogP contribution in [0.25, 0.3) is 0 Å². The molecular formula is C13H23NO. The third-order valence-electron chi connectivity index (χ3n) is 3.10. The average molecular weight is 209 g/mol. The summed E-state index contributed by atoms with van der Waals surface area (Å²) in [5, 5.41) is 4.09. The van der Waals surface area contributed by atoms with Crippen molar-refractivity contribution in [2.75, 3.05) is 7.11 Å². The summed E-state index contributed by atoms with van der Waals surface area (Å²) in [7, 11) is 1.63. The van der Waals surface area contributed by atoms with Gasteiger partial charge in [-0.2, -0.15) is 0 Å². The van der Waals surface area contributed by atoms with Crippen molar-refractivity contribution in [1.29, 1.82) is 0 Å². The molecule has 0 aromatic heterocycles. The Kier molecular flexibility index (Phi) is 4.37. The fraction of sp³-hybridized carbons (Fsp3) is 0.769. The smallest absolute Gasteiger partial charge is 0.106 e. The minimum Gasteiger partial charge on any atom is -0.399 e. The molecule has 2 heteroatoms. The van der Waals surface area contributed by atoms with Gasteiger partial charge in [0.2, 0.25) is 0 Å². The van der Waals surface area contributed by atoms with E-state index in [-0.39, 0.29) is 0 Å². The normalized spacial score (nSPS) is 20.6. The molecule has 0 saturated carbocycles. The molecule has 0 atom stereocenters. The lowest BCUT2D eigenvalue weighted by Gasteiger charge is -2.26. The van der Waals surface area contributed by atoms with E-state index in [2.05, 4.69) is 32.9 Å². The van der Waals surface area contributed by atoms with Gasteiger partial charge in [-0.1, -0.05) is 44.0 Å². The summed E-state index contributed by atoms with van der Waals surface area (Å²) in [5.41, 5.74) is 4.41. The van der Waals surface area contributed by atoms with Gasteiger partial charge in [-0.05, 0) is 24.7 Å². The van der Waals surface area contributed by atoms with E-state index in [1.54, 1.807) is 18.3 Å². The maximum absolute atomic E-state index is 4.87. The molecule has 0 heterocycles. The maximum Gasteiger partial charge on any atom is 0.106 e. The van der Waals surface area contributed by atoms with Crippen molar-refractivity contribution in [2.45, 2.75) is 47.0 Å². The molecule has 0 spiro atoms. The van der Waals surface area contributed by atoms with Crippen molar-refractivity contribution in [2.24, 2.45) is 17.0 Å². The molecule has 0 bridgehead atoms. The van der Waals surface area contributed by atoms with E-state index in [1.807, 2.05) is 0 Å². The third-order valence-corrected chi connectivity index (χ3v) is 3.10. The largest absolute Gasteiger partial charge is 0.399 e. The van der Waals surface area contributed by atoms with Crippen molar-refractivity contribution >= 4 is 5.71 Å².